The molecule has 3 aromatic rings. The third-order valence-electron chi connectivity index (χ3n) is 3.41. The number of rotatable bonds is 6. The Morgan fingerprint density at radius 1 is 1.05 bits per heavy atom. The first kappa shape index (κ1) is 15.0. The van der Waals surface area contributed by atoms with E-state index in [0.29, 0.717) is 6.61 Å². The van der Waals surface area contributed by atoms with Crippen LogP contribution in [0.15, 0.2) is 64.5 Å². The van der Waals surface area contributed by atoms with Gasteiger partial charge in [-0.15, -0.1) is 0 Å². The number of ether oxygens (including phenoxy) is 1. The number of benzene rings is 2. The molecule has 0 amide bonds. The molecule has 0 atom stereocenters. The zero-order chi connectivity index (χ0) is 15.4. The standard InChI is InChI=1S/C18H20N2OS/c1-20(2)11-12-21-16-10-6-9-15-17(13-19-18(15)16)22-14-7-4-3-5-8-14/h3-10,13,19H,11-12H2,1-2H3. The number of para-hydroxylation sites is 1. The van der Waals surface area contributed by atoms with Crippen LogP contribution in [0.5, 0.6) is 5.75 Å². The minimum absolute atomic E-state index is 0.687. The van der Waals surface area contributed by atoms with Crippen molar-refractivity contribution in [2.75, 3.05) is 27.2 Å². The van der Waals surface area contributed by atoms with E-state index >= 15 is 0 Å². The first-order valence-corrected chi connectivity index (χ1v) is 8.16. The first-order chi connectivity index (χ1) is 10.7. The van der Waals surface area contributed by atoms with Gasteiger partial charge in [0.05, 0.1) is 5.52 Å². The van der Waals surface area contributed by atoms with E-state index in [1.54, 1.807) is 11.8 Å². The minimum Gasteiger partial charge on any atom is -0.490 e. The molecule has 0 saturated carbocycles. The van der Waals surface area contributed by atoms with E-state index in [-0.39, 0.29) is 0 Å². The molecule has 0 aliphatic heterocycles. The number of nitrogens with one attached hydrogen (secondary N) is 1. The van der Waals surface area contributed by atoms with Crippen LogP contribution in [-0.4, -0.2) is 37.1 Å². The van der Waals surface area contributed by atoms with Crippen molar-refractivity contribution in [3.63, 3.8) is 0 Å². The Balaban J connectivity index is 1.82. The van der Waals surface area contributed by atoms with Crippen LogP contribution in [0.2, 0.25) is 0 Å². The van der Waals surface area contributed by atoms with Crippen molar-refractivity contribution >= 4 is 22.7 Å². The van der Waals surface area contributed by atoms with Crippen LogP contribution in [0.25, 0.3) is 10.9 Å². The predicted octanol–water partition coefficient (Wildman–Crippen LogP) is 4.26. The molecule has 0 aliphatic rings. The topological polar surface area (TPSA) is 28.3 Å². The molecule has 3 rings (SSSR count). The summed E-state index contributed by atoms with van der Waals surface area (Å²) in [7, 11) is 4.10. The van der Waals surface area contributed by atoms with Gasteiger partial charge < -0.3 is 14.6 Å². The van der Waals surface area contributed by atoms with Crippen LogP contribution in [0.1, 0.15) is 0 Å². The Labute approximate surface area is 135 Å². The van der Waals surface area contributed by atoms with Gasteiger partial charge in [0, 0.05) is 27.9 Å². The molecule has 0 fully saturated rings. The molecule has 1 N–H and O–H groups in total. The normalized spacial score (nSPS) is 11.2. The number of aromatic amines is 1. The van der Waals surface area contributed by atoms with Crippen LogP contribution in [0.4, 0.5) is 0 Å². The van der Waals surface area contributed by atoms with Crippen LogP contribution in [0, 0.1) is 0 Å². The van der Waals surface area contributed by atoms with Crippen LogP contribution < -0.4 is 4.74 Å². The van der Waals surface area contributed by atoms with Crippen molar-refractivity contribution in [3.8, 4) is 5.75 Å². The lowest BCUT2D eigenvalue weighted by Gasteiger charge is -2.11. The van der Waals surface area contributed by atoms with Crippen molar-refractivity contribution in [2.45, 2.75) is 9.79 Å². The number of likely N-dealkylation sites (N-methyl/N-ethyl adjacent to an activating group) is 1. The van der Waals surface area contributed by atoms with Gasteiger partial charge >= 0.3 is 0 Å². The third-order valence-corrected chi connectivity index (χ3v) is 4.47. The molecule has 0 bridgehead atoms. The zero-order valence-corrected chi connectivity index (χ0v) is 13.7. The molecule has 1 heterocycles. The highest BCUT2D eigenvalue weighted by Gasteiger charge is 2.09. The average molecular weight is 312 g/mol. The molecule has 0 spiro atoms. The molecular weight excluding hydrogens is 292 g/mol. The summed E-state index contributed by atoms with van der Waals surface area (Å²) in [6.45, 7) is 1.59. The first-order valence-electron chi connectivity index (χ1n) is 7.34. The number of H-pyrrole nitrogens is 1. The fourth-order valence-electron chi connectivity index (χ4n) is 2.26. The van der Waals surface area contributed by atoms with Gasteiger partial charge in [-0.05, 0) is 32.3 Å². The Bertz CT molecular complexity index is 737. The van der Waals surface area contributed by atoms with E-state index < -0.39 is 0 Å². The number of hydrogen-bond acceptors (Lipinski definition) is 3. The molecule has 2 aromatic carbocycles. The summed E-state index contributed by atoms with van der Waals surface area (Å²) in [6.07, 6.45) is 2.06. The maximum Gasteiger partial charge on any atom is 0.143 e. The fraction of sp³-hybridized carbons (Fsp3) is 0.222. The maximum absolute atomic E-state index is 5.91. The molecule has 1 aromatic heterocycles. The molecule has 3 nitrogen and oxygen atoms in total. The molecule has 0 saturated heterocycles. The summed E-state index contributed by atoms with van der Waals surface area (Å²) >= 11 is 1.77. The Hall–Kier alpha value is -1.91. The minimum atomic E-state index is 0.687. The predicted molar refractivity (Wildman–Crippen MR) is 92.9 cm³/mol. The Morgan fingerprint density at radius 2 is 1.86 bits per heavy atom. The smallest absolute Gasteiger partial charge is 0.143 e. The molecular formula is C18H20N2OS. The summed E-state index contributed by atoms with van der Waals surface area (Å²) in [5.41, 5.74) is 1.07. The van der Waals surface area contributed by atoms with Crippen LogP contribution in [0.3, 0.4) is 0 Å². The lowest BCUT2D eigenvalue weighted by molar-refractivity contribution is 0.263. The number of nitrogens with zero attached hydrogens (tertiary/aromatic N) is 1. The summed E-state index contributed by atoms with van der Waals surface area (Å²) in [5, 5.41) is 1.20. The van der Waals surface area contributed by atoms with Crippen molar-refractivity contribution < 1.29 is 4.74 Å². The van der Waals surface area contributed by atoms with Crippen LogP contribution in [-0.2, 0) is 0 Å². The monoisotopic (exact) mass is 312 g/mol. The SMILES string of the molecule is CN(C)CCOc1cccc2c(Sc3ccccc3)c[nH]c12. The number of fused-ring (bicyclic) bond motifs is 1. The summed E-state index contributed by atoms with van der Waals surface area (Å²) in [6, 6.07) is 16.6. The van der Waals surface area contributed by atoms with Gasteiger partial charge in [0.25, 0.3) is 0 Å². The van der Waals surface area contributed by atoms with Gasteiger partial charge in [-0.3, -0.25) is 0 Å². The molecule has 4 heteroatoms. The number of hydrogen-bond donors (Lipinski definition) is 1. The third kappa shape index (κ3) is 3.46. The van der Waals surface area contributed by atoms with E-state index in [1.807, 2.05) is 26.2 Å². The van der Waals surface area contributed by atoms with Gasteiger partial charge in [-0.2, -0.15) is 0 Å². The molecule has 0 unspecified atom stereocenters. The van der Waals surface area contributed by atoms with E-state index in [2.05, 4.69) is 52.5 Å². The highest BCUT2D eigenvalue weighted by molar-refractivity contribution is 7.99. The number of aromatic nitrogens is 1. The van der Waals surface area contributed by atoms with E-state index in [9.17, 15) is 0 Å². The second-order valence-corrected chi connectivity index (χ2v) is 6.51. The molecule has 22 heavy (non-hydrogen) atoms. The Kier molecular flexibility index (Phi) is 4.71. The Morgan fingerprint density at radius 3 is 2.64 bits per heavy atom. The fourth-order valence-corrected chi connectivity index (χ4v) is 3.20. The average Bonchev–Trinajstić information content (AvgIpc) is 2.92. The largest absolute Gasteiger partial charge is 0.490 e. The van der Waals surface area contributed by atoms with Crippen molar-refractivity contribution in [3.05, 3.63) is 54.7 Å². The van der Waals surface area contributed by atoms with Crippen LogP contribution >= 0.6 is 11.8 Å². The quantitative estimate of drug-likeness (QED) is 0.737. The van der Waals surface area contributed by atoms with Crippen molar-refractivity contribution in [1.82, 2.24) is 9.88 Å². The van der Waals surface area contributed by atoms with E-state index in [4.69, 9.17) is 4.74 Å². The summed E-state index contributed by atoms with van der Waals surface area (Å²) < 4.78 is 5.91. The van der Waals surface area contributed by atoms with Gasteiger partial charge in [-0.1, -0.05) is 42.1 Å². The molecule has 0 aliphatic carbocycles. The lowest BCUT2D eigenvalue weighted by atomic mass is 10.2. The summed E-state index contributed by atoms with van der Waals surface area (Å²) in [5.74, 6) is 0.916. The van der Waals surface area contributed by atoms with Gasteiger partial charge in [0.2, 0.25) is 0 Å². The maximum atomic E-state index is 5.91. The molecule has 114 valence electrons. The van der Waals surface area contributed by atoms with Gasteiger partial charge in [-0.25, -0.2) is 0 Å². The molecule has 0 radical (unpaired) electrons. The van der Waals surface area contributed by atoms with E-state index in [1.165, 1.54) is 15.2 Å². The highest BCUT2D eigenvalue weighted by atomic mass is 32.2. The highest BCUT2D eigenvalue weighted by Crippen LogP contribution is 2.36. The second kappa shape index (κ2) is 6.90. The second-order valence-electron chi connectivity index (χ2n) is 5.40. The van der Waals surface area contributed by atoms with Gasteiger partial charge in [0.1, 0.15) is 12.4 Å². The summed E-state index contributed by atoms with van der Waals surface area (Å²) in [4.78, 5) is 7.93. The lowest BCUT2D eigenvalue weighted by Crippen LogP contribution is -2.19. The van der Waals surface area contributed by atoms with Gasteiger partial charge in [0.15, 0.2) is 0 Å². The van der Waals surface area contributed by atoms with Crippen molar-refractivity contribution in [2.24, 2.45) is 0 Å². The van der Waals surface area contributed by atoms with Crippen molar-refractivity contribution in [1.29, 1.82) is 0 Å². The van der Waals surface area contributed by atoms with E-state index in [0.717, 1.165) is 17.8 Å². The zero-order valence-electron chi connectivity index (χ0n) is 12.9.